The zero-order valence-corrected chi connectivity index (χ0v) is 18.7. The molecular weight excluding hydrogens is 398 g/mol. The highest BCUT2D eigenvalue weighted by molar-refractivity contribution is 8.27. The first-order valence-corrected chi connectivity index (χ1v) is 12.0. The van der Waals surface area contributed by atoms with E-state index in [1.165, 1.54) is 22.1 Å². The maximum atomic E-state index is 12.7. The lowest BCUT2D eigenvalue weighted by Crippen LogP contribution is -2.38. The number of amides is 1. The first-order chi connectivity index (χ1) is 12.8. The smallest absolute Gasteiger partial charge is 0.246 e. The summed E-state index contributed by atoms with van der Waals surface area (Å²) >= 11 is 9.02. The van der Waals surface area contributed by atoms with Crippen LogP contribution in [-0.4, -0.2) is 50.8 Å². The van der Waals surface area contributed by atoms with E-state index in [2.05, 4.69) is 62.8 Å². The molecule has 2 fully saturated rings. The molecule has 150 valence electrons. The van der Waals surface area contributed by atoms with Gasteiger partial charge in [0, 0.05) is 30.2 Å². The number of hydrogen-bond donors (Lipinski definition) is 2. The highest BCUT2D eigenvalue weighted by Gasteiger charge is 2.45. The zero-order valence-electron chi connectivity index (χ0n) is 16.2. The number of hydrogen-bond acceptors (Lipinski definition) is 4. The Balaban J connectivity index is 1.71. The fourth-order valence-corrected chi connectivity index (χ4v) is 4.91. The molecule has 0 aromatic heterocycles. The number of rotatable bonds is 8. The number of benzene rings is 1. The van der Waals surface area contributed by atoms with Crippen molar-refractivity contribution < 1.29 is 9.35 Å². The van der Waals surface area contributed by atoms with Crippen molar-refractivity contribution in [3.63, 3.8) is 0 Å². The molecule has 2 aliphatic rings. The minimum Gasteiger partial charge on any atom is -0.315 e. The molecule has 3 rings (SSSR count). The number of likely N-dealkylation sites (N-methyl/N-ethyl adjacent to an activating group) is 1. The molecule has 2 atom stereocenters. The molecule has 1 heterocycles. The van der Waals surface area contributed by atoms with Crippen LogP contribution in [0.1, 0.15) is 45.6 Å². The van der Waals surface area contributed by atoms with Gasteiger partial charge in [0.15, 0.2) is 0 Å². The molecule has 5 nitrogen and oxygen atoms in total. The van der Waals surface area contributed by atoms with Gasteiger partial charge in [-0.3, -0.25) is 4.79 Å². The minimum absolute atomic E-state index is 0.0488. The van der Waals surface area contributed by atoms with Crippen LogP contribution in [0.4, 0.5) is 5.69 Å². The van der Waals surface area contributed by atoms with E-state index >= 15 is 0 Å². The summed E-state index contributed by atoms with van der Waals surface area (Å²) in [4.78, 5) is 17.0. The third kappa shape index (κ3) is 4.41. The average molecular weight is 428 g/mol. The summed E-state index contributed by atoms with van der Waals surface area (Å²) in [5, 5.41) is 0. The number of nitrogens with zero attached hydrogens (tertiary/aromatic N) is 3. The Morgan fingerprint density at radius 1 is 1.37 bits per heavy atom. The first kappa shape index (κ1) is 21.2. The van der Waals surface area contributed by atoms with E-state index in [-0.39, 0.29) is 11.3 Å². The van der Waals surface area contributed by atoms with Gasteiger partial charge in [0.05, 0.1) is 9.92 Å². The third-order valence-corrected chi connectivity index (χ3v) is 8.02. The van der Waals surface area contributed by atoms with Gasteiger partial charge in [-0.05, 0) is 68.5 Å². The van der Waals surface area contributed by atoms with Crippen molar-refractivity contribution in [1.82, 2.24) is 8.61 Å². The van der Waals surface area contributed by atoms with Crippen molar-refractivity contribution >= 4 is 45.5 Å². The molecule has 1 amide bonds. The van der Waals surface area contributed by atoms with Crippen LogP contribution in [0.2, 0.25) is 0 Å². The van der Waals surface area contributed by atoms with Gasteiger partial charge in [0.1, 0.15) is 6.04 Å². The predicted octanol–water partition coefficient (Wildman–Crippen LogP) is 3.17. The van der Waals surface area contributed by atoms with E-state index in [4.69, 9.17) is 11.2 Å². The van der Waals surface area contributed by atoms with Gasteiger partial charge in [-0.15, -0.1) is 0 Å². The van der Waals surface area contributed by atoms with E-state index in [1.54, 1.807) is 4.90 Å². The number of carbonyl (C=O) groups excluding carboxylic acids is 1. The summed E-state index contributed by atoms with van der Waals surface area (Å²) < 4.78 is 10.8. The average Bonchev–Trinajstić information content (AvgIpc) is 3.34. The third-order valence-electron chi connectivity index (χ3n) is 5.89. The van der Waals surface area contributed by atoms with E-state index in [9.17, 15) is 9.35 Å². The van der Waals surface area contributed by atoms with E-state index in [0.717, 1.165) is 18.8 Å². The second-order valence-corrected chi connectivity index (χ2v) is 10.3. The van der Waals surface area contributed by atoms with E-state index < -0.39 is 16.0 Å². The lowest BCUT2D eigenvalue weighted by molar-refractivity contribution is -0.119. The maximum absolute atomic E-state index is 12.7. The summed E-state index contributed by atoms with van der Waals surface area (Å²) in [6.45, 7) is 9.51. The van der Waals surface area contributed by atoms with Gasteiger partial charge >= 0.3 is 0 Å². The van der Waals surface area contributed by atoms with Gasteiger partial charge in [-0.2, -0.15) is 3.71 Å². The SMILES string of the molecule is CCN(CC1(c2ccc(N3CCC(N(S)S(O)=S)C3=O)cc2)CC1)C(C)C. The molecule has 1 N–H and O–H groups in total. The summed E-state index contributed by atoms with van der Waals surface area (Å²) in [6, 6.07) is 8.56. The van der Waals surface area contributed by atoms with E-state index in [0.29, 0.717) is 19.0 Å². The molecule has 1 saturated heterocycles. The Kier molecular flexibility index (Phi) is 6.65. The number of anilines is 1. The van der Waals surface area contributed by atoms with Crippen molar-refractivity contribution in [2.45, 2.75) is 57.5 Å². The molecule has 1 aliphatic heterocycles. The Labute approximate surface area is 175 Å². The van der Waals surface area contributed by atoms with Crippen LogP contribution in [0.3, 0.4) is 0 Å². The molecule has 1 aromatic rings. The molecule has 8 heteroatoms. The van der Waals surface area contributed by atoms with Gasteiger partial charge in [-0.1, -0.05) is 31.9 Å². The van der Waals surface area contributed by atoms with Crippen molar-refractivity contribution in [3.8, 4) is 0 Å². The number of carbonyl (C=O) groups is 1. The topological polar surface area (TPSA) is 47.0 Å². The standard InChI is InChI=1S/C19H29N3O2S3/c1-4-20(14(2)3)13-19(10-11-19)15-5-7-16(8-6-15)21-12-9-17(18(21)23)22(25)27(24)26/h5-8,14,17,25H,4,9-13H2,1-3H3,(H,24,26). The highest BCUT2D eigenvalue weighted by Crippen LogP contribution is 2.49. The van der Waals surface area contributed by atoms with Gasteiger partial charge in [0.2, 0.25) is 5.91 Å². The van der Waals surface area contributed by atoms with Crippen LogP contribution in [0, 0.1) is 0 Å². The molecule has 1 aliphatic carbocycles. The molecule has 2 unspecified atom stereocenters. The Hall–Kier alpha value is -0.510. The largest absolute Gasteiger partial charge is 0.315 e. The van der Waals surface area contributed by atoms with Crippen LogP contribution in [0.5, 0.6) is 0 Å². The second kappa shape index (κ2) is 8.47. The van der Waals surface area contributed by atoms with Gasteiger partial charge in [-0.25, -0.2) is 0 Å². The van der Waals surface area contributed by atoms with Crippen molar-refractivity contribution in [2.75, 3.05) is 24.5 Å². The highest BCUT2D eigenvalue weighted by atomic mass is 32.8. The fraction of sp³-hybridized carbons (Fsp3) is 0.632. The first-order valence-electron chi connectivity index (χ1n) is 9.54. The van der Waals surface area contributed by atoms with Crippen LogP contribution in [-0.2, 0) is 31.3 Å². The number of thiol groups is 1. The maximum Gasteiger partial charge on any atom is 0.246 e. The molecule has 0 radical (unpaired) electrons. The normalized spacial score (nSPS) is 22.9. The van der Waals surface area contributed by atoms with Crippen molar-refractivity contribution in [1.29, 1.82) is 0 Å². The van der Waals surface area contributed by atoms with Crippen molar-refractivity contribution in [3.05, 3.63) is 29.8 Å². The molecule has 0 spiro atoms. The Morgan fingerprint density at radius 2 is 2.00 bits per heavy atom. The molecule has 1 aromatic carbocycles. The minimum atomic E-state index is -1.43. The summed E-state index contributed by atoms with van der Waals surface area (Å²) in [5.74, 6) is -0.0488. The quantitative estimate of drug-likeness (QED) is 0.624. The van der Waals surface area contributed by atoms with Crippen LogP contribution in [0.15, 0.2) is 24.3 Å². The van der Waals surface area contributed by atoms with Gasteiger partial charge in [0.25, 0.3) is 0 Å². The summed E-state index contributed by atoms with van der Waals surface area (Å²) in [5.41, 5.74) is 2.54. The Morgan fingerprint density at radius 3 is 2.48 bits per heavy atom. The Bertz CT molecular complexity index is 707. The van der Waals surface area contributed by atoms with Crippen LogP contribution < -0.4 is 4.90 Å². The molecule has 0 bridgehead atoms. The molecule has 1 saturated carbocycles. The van der Waals surface area contributed by atoms with Crippen molar-refractivity contribution in [2.24, 2.45) is 0 Å². The summed E-state index contributed by atoms with van der Waals surface area (Å²) in [6.07, 6.45) is 3.08. The summed E-state index contributed by atoms with van der Waals surface area (Å²) in [7, 11) is -1.43. The van der Waals surface area contributed by atoms with Gasteiger partial charge < -0.3 is 14.4 Å². The predicted molar refractivity (Wildman–Crippen MR) is 119 cm³/mol. The zero-order chi connectivity index (χ0) is 19.8. The second-order valence-electron chi connectivity index (χ2n) is 7.81. The monoisotopic (exact) mass is 427 g/mol. The fourth-order valence-electron chi connectivity index (χ4n) is 3.97. The van der Waals surface area contributed by atoms with E-state index in [1.807, 2.05) is 0 Å². The molecule has 27 heavy (non-hydrogen) atoms. The van der Waals surface area contributed by atoms with Crippen LogP contribution in [0.25, 0.3) is 0 Å². The lowest BCUT2D eigenvalue weighted by atomic mass is 9.94. The van der Waals surface area contributed by atoms with Crippen LogP contribution >= 0.6 is 12.8 Å². The lowest BCUT2D eigenvalue weighted by Gasteiger charge is -2.30. The molecular formula is C19H29N3O2S3.